The first-order valence-electron chi connectivity index (χ1n) is 8.82. The second-order valence-corrected chi connectivity index (χ2v) is 6.65. The molecular weight excluding hydrogens is 307 g/mol. The summed E-state index contributed by atoms with van der Waals surface area (Å²) in [5.41, 5.74) is 1.94. The molecule has 128 valence electrons. The fraction of sp³-hybridized carbons (Fsp3) is 0.556. The highest BCUT2D eigenvalue weighted by Gasteiger charge is 2.26. The summed E-state index contributed by atoms with van der Waals surface area (Å²) in [6, 6.07) is 3.34. The Morgan fingerprint density at radius 3 is 2.46 bits per heavy atom. The van der Waals surface area contributed by atoms with Crippen molar-refractivity contribution in [3.05, 3.63) is 30.3 Å². The standard InChI is InChI=1S/C18H23FN4O/c19-15-11-16-17(21-6-5-20-16)12-18(15)23(13-14-3-1-2-4-14)22-7-9-24-10-8-22/h5-6,11-12,14H,1-4,7-10,13H2. The zero-order chi connectivity index (χ0) is 16.4. The van der Waals surface area contributed by atoms with Gasteiger partial charge >= 0.3 is 0 Å². The maximum Gasteiger partial charge on any atom is 0.150 e. The number of halogens is 1. The maximum atomic E-state index is 14.8. The number of hydrazine groups is 1. The minimum atomic E-state index is -0.229. The van der Waals surface area contributed by atoms with Crippen LogP contribution >= 0.6 is 0 Å². The second kappa shape index (κ2) is 6.99. The number of morpholine rings is 1. The molecule has 2 aliphatic rings. The smallest absolute Gasteiger partial charge is 0.150 e. The lowest BCUT2D eigenvalue weighted by molar-refractivity contribution is 0.0296. The third kappa shape index (κ3) is 3.21. The van der Waals surface area contributed by atoms with Crippen LogP contribution in [0.25, 0.3) is 11.0 Å². The maximum absolute atomic E-state index is 14.8. The fourth-order valence-electron chi connectivity index (χ4n) is 3.77. The average molecular weight is 330 g/mol. The van der Waals surface area contributed by atoms with Crippen molar-refractivity contribution in [2.24, 2.45) is 5.92 Å². The molecule has 1 aromatic carbocycles. The monoisotopic (exact) mass is 330 g/mol. The van der Waals surface area contributed by atoms with E-state index in [1.54, 1.807) is 12.4 Å². The van der Waals surface area contributed by atoms with Crippen molar-refractivity contribution >= 4 is 16.7 Å². The van der Waals surface area contributed by atoms with Crippen LogP contribution in [0.2, 0.25) is 0 Å². The van der Waals surface area contributed by atoms with Crippen LogP contribution in [0.1, 0.15) is 25.7 Å². The van der Waals surface area contributed by atoms with E-state index in [1.807, 2.05) is 6.07 Å². The predicted molar refractivity (Wildman–Crippen MR) is 91.2 cm³/mol. The summed E-state index contributed by atoms with van der Waals surface area (Å²) in [7, 11) is 0. The molecule has 0 unspecified atom stereocenters. The first kappa shape index (κ1) is 15.7. The molecular formula is C18H23FN4O. The summed E-state index contributed by atoms with van der Waals surface area (Å²) in [5, 5.41) is 4.35. The van der Waals surface area contributed by atoms with Crippen molar-refractivity contribution in [3.63, 3.8) is 0 Å². The third-order valence-corrected chi connectivity index (χ3v) is 5.05. The van der Waals surface area contributed by atoms with E-state index in [2.05, 4.69) is 20.0 Å². The highest BCUT2D eigenvalue weighted by atomic mass is 19.1. The molecule has 2 heterocycles. The van der Waals surface area contributed by atoms with Gasteiger partial charge in [0.1, 0.15) is 5.82 Å². The molecule has 0 radical (unpaired) electrons. The van der Waals surface area contributed by atoms with E-state index >= 15 is 0 Å². The van der Waals surface area contributed by atoms with Gasteiger partial charge in [0, 0.05) is 38.1 Å². The fourth-order valence-corrected chi connectivity index (χ4v) is 3.77. The van der Waals surface area contributed by atoms with Gasteiger partial charge in [-0.05, 0) is 24.8 Å². The van der Waals surface area contributed by atoms with E-state index < -0.39 is 0 Å². The van der Waals surface area contributed by atoms with Gasteiger partial charge in [0.05, 0.1) is 29.9 Å². The first-order valence-corrected chi connectivity index (χ1v) is 8.82. The van der Waals surface area contributed by atoms with Crippen LogP contribution in [0.4, 0.5) is 10.1 Å². The Bertz CT molecular complexity index is 698. The molecule has 0 bridgehead atoms. The van der Waals surface area contributed by atoms with Gasteiger partial charge in [-0.15, -0.1) is 0 Å². The molecule has 0 amide bonds. The molecule has 1 aliphatic carbocycles. The molecule has 1 saturated heterocycles. The number of hydrogen-bond donors (Lipinski definition) is 0. The highest BCUT2D eigenvalue weighted by molar-refractivity contribution is 5.78. The molecule has 24 heavy (non-hydrogen) atoms. The lowest BCUT2D eigenvalue weighted by Gasteiger charge is -2.40. The Morgan fingerprint density at radius 2 is 1.75 bits per heavy atom. The van der Waals surface area contributed by atoms with Gasteiger partial charge in [0.15, 0.2) is 0 Å². The van der Waals surface area contributed by atoms with E-state index in [0.29, 0.717) is 30.3 Å². The van der Waals surface area contributed by atoms with Crippen LogP contribution in [0.3, 0.4) is 0 Å². The summed E-state index contributed by atoms with van der Waals surface area (Å²) >= 11 is 0. The zero-order valence-electron chi connectivity index (χ0n) is 13.8. The number of fused-ring (bicyclic) bond motifs is 1. The molecule has 1 aromatic heterocycles. The number of hydrogen-bond acceptors (Lipinski definition) is 5. The van der Waals surface area contributed by atoms with Gasteiger partial charge in [-0.3, -0.25) is 9.97 Å². The van der Waals surface area contributed by atoms with Crippen LogP contribution < -0.4 is 5.01 Å². The van der Waals surface area contributed by atoms with Crippen molar-refractivity contribution in [3.8, 4) is 0 Å². The summed E-state index contributed by atoms with van der Waals surface area (Å²) in [6.07, 6.45) is 8.28. The minimum absolute atomic E-state index is 0.229. The van der Waals surface area contributed by atoms with Crippen molar-refractivity contribution in [1.29, 1.82) is 0 Å². The van der Waals surface area contributed by atoms with E-state index in [9.17, 15) is 4.39 Å². The zero-order valence-corrected chi connectivity index (χ0v) is 13.8. The van der Waals surface area contributed by atoms with Crippen molar-refractivity contribution in [2.45, 2.75) is 25.7 Å². The molecule has 1 aliphatic heterocycles. The largest absolute Gasteiger partial charge is 0.379 e. The highest BCUT2D eigenvalue weighted by Crippen LogP contribution is 2.31. The van der Waals surface area contributed by atoms with Crippen LogP contribution in [0.15, 0.2) is 24.5 Å². The molecule has 2 fully saturated rings. The van der Waals surface area contributed by atoms with Crippen LogP contribution in [-0.4, -0.2) is 47.8 Å². The Labute approximate surface area is 141 Å². The van der Waals surface area contributed by atoms with E-state index in [0.717, 1.165) is 25.2 Å². The summed E-state index contributed by atoms with van der Waals surface area (Å²) in [6.45, 7) is 3.84. The van der Waals surface area contributed by atoms with Gasteiger partial charge in [-0.2, -0.15) is 0 Å². The lowest BCUT2D eigenvalue weighted by Crippen LogP contribution is -2.51. The quantitative estimate of drug-likeness (QED) is 0.862. The van der Waals surface area contributed by atoms with Crippen LogP contribution in [0.5, 0.6) is 0 Å². The first-order chi connectivity index (χ1) is 11.8. The number of rotatable bonds is 4. The molecule has 1 saturated carbocycles. The number of nitrogens with zero attached hydrogens (tertiary/aromatic N) is 4. The van der Waals surface area contributed by atoms with E-state index in [-0.39, 0.29) is 5.82 Å². The summed E-state index contributed by atoms with van der Waals surface area (Å²) in [5.74, 6) is 0.400. The topological polar surface area (TPSA) is 41.5 Å². The molecule has 0 atom stereocenters. The van der Waals surface area contributed by atoms with Crippen molar-refractivity contribution in [2.75, 3.05) is 37.9 Å². The lowest BCUT2D eigenvalue weighted by atomic mass is 10.1. The van der Waals surface area contributed by atoms with Crippen LogP contribution in [-0.2, 0) is 4.74 Å². The van der Waals surface area contributed by atoms with Crippen molar-refractivity contribution in [1.82, 2.24) is 15.0 Å². The third-order valence-electron chi connectivity index (χ3n) is 5.05. The second-order valence-electron chi connectivity index (χ2n) is 6.65. The molecule has 0 N–H and O–H groups in total. The molecule has 2 aromatic rings. The van der Waals surface area contributed by atoms with Gasteiger partial charge in [0.2, 0.25) is 0 Å². The van der Waals surface area contributed by atoms with Gasteiger partial charge in [-0.25, -0.2) is 9.40 Å². The number of anilines is 1. The van der Waals surface area contributed by atoms with Gasteiger partial charge < -0.3 is 9.75 Å². The van der Waals surface area contributed by atoms with Gasteiger partial charge in [-0.1, -0.05) is 12.8 Å². The SMILES string of the molecule is Fc1cc2nccnc2cc1N(CC1CCCC1)N1CCOCC1. The van der Waals surface area contributed by atoms with Gasteiger partial charge in [0.25, 0.3) is 0 Å². The number of aromatic nitrogens is 2. The van der Waals surface area contributed by atoms with E-state index in [4.69, 9.17) is 4.74 Å². The Morgan fingerprint density at radius 1 is 1.08 bits per heavy atom. The molecule has 5 nitrogen and oxygen atoms in total. The molecule has 0 spiro atoms. The molecule has 6 heteroatoms. The Kier molecular flexibility index (Phi) is 4.58. The average Bonchev–Trinajstić information content (AvgIpc) is 3.13. The Balaban J connectivity index is 1.69. The van der Waals surface area contributed by atoms with Crippen LogP contribution in [0, 0.1) is 11.7 Å². The normalized spacial score (nSPS) is 19.9. The molecule has 4 rings (SSSR count). The Hall–Kier alpha value is -1.79. The number of ether oxygens (including phenoxy) is 1. The minimum Gasteiger partial charge on any atom is -0.379 e. The predicted octanol–water partition coefficient (Wildman–Crippen LogP) is 3.01. The summed E-state index contributed by atoms with van der Waals surface area (Å²) < 4.78 is 20.3. The van der Waals surface area contributed by atoms with Crippen molar-refractivity contribution < 1.29 is 9.13 Å². The van der Waals surface area contributed by atoms with E-state index in [1.165, 1.54) is 31.7 Å². The summed E-state index contributed by atoms with van der Waals surface area (Å²) in [4.78, 5) is 8.55. The number of benzene rings is 1.